The van der Waals surface area contributed by atoms with E-state index in [9.17, 15) is 0 Å². The van der Waals surface area contributed by atoms with Crippen molar-refractivity contribution in [1.29, 1.82) is 0 Å². The molecule has 2 aliphatic carbocycles. The summed E-state index contributed by atoms with van der Waals surface area (Å²) >= 11 is 0. The van der Waals surface area contributed by atoms with Gasteiger partial charge in [0.15, 0.2) is 0 Å². The summed E-state index contributed by atoms with van der Waals surface area (Å²) in [5.41, 5.74) is 9.44. The molecule has 1 fully saturated rings. The summed E-state index contributed by atoms with van der Waals surface area (Å²) in [6.45, 7) is 4.57. The number of hydrogen-bond donors (Lipinski definition) is 1. The molecule has 2 aliphatic rings. The predicted octanol–water partition coefficient (Wildman–Crippen LogP) is 2.32. The highest BCUT2D eigenvalue weighted by atomic mass is 16.5. The SMILES string of the molecule is COc1ccc2c(c1)C1C(C2)C(N)C1(C)C. The molecule has 86 valence electrons. The molecular formula is C14H19NO. The number of benzene rings is 1. The van der Waals surface area contributed by atoms with Crippen molar-refractivity contribution in [2.75, 3.05) is 7.11 Å². The molecule has 2 N–H and O–H groups in total. The van der Waals surface area contributed by atoms with Gasteiger partial charge < -0.3 is 10.5 Å². The lowest BCUT2D eigenvalue weighted by atomic mass is 9.52. The number of ether oxygens (including phenoxy) is 1. The highest BCUT2D eigenvalue weighted by molar-refractivity contribution is 5.46. The van der Waals surface area contributed by atoms with Crippen molar-refractivity contribution in [2.24, 2.45) is 17.1 Å². The molecular weight excluding hydrogens is 198 g/mol. The molecule has 3 rings (SSSR count). The maximum absolute atomic E-state index is 6.26. The van der Waals surface area contributed by atoms with E-state index in [2.05, 4.69) is 32.0 Å². The molecule has 1 aromatic rings. The van der Waals surface area contributed by atoms with Crippen LogP contribution in [0.2, 0.25) is 0 Å². The molecule has 2 nitrogen and oxygen atoms in total. The molecule has 0 aromatic heterocycles. The average molecular weight is 217 g/mol. The minimum atomic E-state index is 0.238. The van der Waals surface area contributed by atoms with Crippen LogP contribution in [-0.4, -0.2) is 13.2 Å². The summed E-state index contributed by atoms with van der Waals surface area (Å²) in [7, 11) is 1.73. The maximum Gasteiger partial charge on any atom is 0.119 e. The molecule has 3 unspecified atom stereocenters. The Kier molecular flexibility index (Phi) is 1.91. The van der Waals surface area contributed by atoms with Crippen LogP contribution in [0.5, 0.6) is 5.75 Å². The predicted molar refractivity (Wildman–Crippen MR) is 64.7 cm³/mol. The van der Waals surface area contributed by atoms with Crippen LogP contribution in [0.3, 0.4) is 0 Å². The largest absolute Gasteiger partial charge is 0.497 e. The number of nitrogens with two attached hydrogens (primary N) is 1. The van der Waals surface area contributed by atoms with Crippen LogP contribution in [0.4, 0.5) is 0 Å². The van der Waals surface area contributed by atoms with Crippen LogP contribution in [0.1, 0.15) is 30.9 Å². The second-order valence-corrected chi connectivity index (χ2v) is 5.76. The standard InChI is InChI=1S/C14H19NO/c1-14(2)12-10-7-9(16-3)5-4-8(10)6-11(12)13(14)15/h4-5,7,11-13H,6,15H2,1-3H3. The molecule has 0 amide bonds. The number of rotatable bonds is 1. The third-order valence-corrected chi connectivity index (χ3v) is 4.69. The van der Waals surface area contributed by atoms with Gasteiger partial charge in [0, 0.05) is 6.04 Å². The quantitative estimate of drug-likeness (QED) is 0.783. The van der Waals surface area contributed by atoms with Gasteiger partial charge in [0.2, 0.25) is 0 Å². The zero-order valence-corrected chi connectivity index (χ0v) is 10.2. The van der Waals surface area contributed by atoms with Gasteiger partial charge in [-0.3, -0.25) is 0 Å². The first kappa shape index (κ1) is 10.2. The highest BCUT2D eigenvalue weighted by Crippen LogP contribution is 2.61. The van der Waals surface area contributed by atoms with Crippen molar-refractivity contribution in [3.63, 3.8) is 0 Å². The number of hydrogen-bond acceptors (Lipinski definition) is 2. The minimum absolute atomic E-state index is 0.238. The molecule has 3 atom stereocenters. The lowest BCUT2D eigenvalue weighted by molar-refractivity contribution is 0.0272. The maximum atomic E-state index is 6.26. The fraction of sp³-hybridized carbons (Fsp3) is 0.571. The van der Waals surface area contributed by atoms with E-state index in [0.29, 0.717) is 17.9 Å². The van der Waals surface area contributed by atoms with E-state index in [-0.39, 0.29) is 5.41 Å². The lowest BCUT2D eigenvalue weighted by Crippen LogP contribution is -2.59. The molecule has 1 saturated carbocycles. The Morgan fingerprint density at radius 1 is 1.38 bits per heavy atom. The van der Waals surface area contributed by atoms with Crippen molar-refractivity contribution >= 4 is 0 Å². The van der Waals surface area contributed by atoms with Crippen molar-refractivity contribution in [3.8, 4) is 5.75 Å². The Morgan fingerprint density at radius 2 is 2.12 bits per heavy atom. The summed E-state index contributed by atoms with van der Waals surface area (Å²) in [4.78, 5) is 0. The fourth-order valence-corrected chi connectivity index (χ4v) is 3.71. The monoisotopic (exact) mass is 217 g/mol. The molecule has 1 aromatic carbocycles. The number of fused-ring (bicyclic) bond motifs is 3. The second-order valence-electron chi connectivity index (χ2n) is 5.76. The van der Waals surface area contributed by atoms with Gasteiger partial charge in [-0.1, -0.05) is 19.9 Å². The first-order valence-corrected chi connectivity index (χ1v) is 5.98. The van der Waals surface area contributed by atoms with Gasteiger partial charge >= 0.3 is 0 Å². The topological polar surface area (TPSA) is 35.2 Å². The third kappa shape index (κ3) is 1.06. The van der Waals surface area contributed by atoms with Gasteiger partial charge in [-0.2, -0.15) is 0 Å². The Hall–Kier alpha value is -1.02. The van der Waals surface area contributed by atoms with Gasteiger partial charge in [0.05, 0.1) is 7.11 Å². The Bertz CT molecular complexity index is 438. The van der Waals surface area contributed by atoms with Crippen molar-refractivity contribution < 1.29 is 4.74 Å². The van der Waals surface area contributed by atoms with Crippen LogP contribution in [0.25, 0.3) is 0 Å². The normalized spacial score (nSPS) is 33.9. The molecule has 0 heterocycles. The van der Waals surface area contributed by atoms with Crippen molar-refractivity contribution in [1.82, 2.24) is 0 Å². The van der Waals surface area contributed by atoms with Crippen LogP contribution in [0.15, 0.2) is 18.2 Å². The zero-order valence-electron chi connectivity index (χ0n) is 10.2. The van der Waals surface area contributed by atoms with E-state index in [1.54, 1.807) is 7.11 Å². The summed E-state index contributed by atoms with van der Waals surface area (Å²) in [5.74, 6) is 2.25. The van der Waals surface area contributed by atoms with Crippen molar-refractivity contribution in [2.45, 2.75) is 32.2 Å². The van der Waals surface area contributed by atoms with E-state index in [1.165, 1.54) is 11.1 Å². The summed E-state index contributed by atoms with van der Waals surface area (Å²) < 4.78 is 5.31. The third-order valence-electron chi connectivity index (χ3n) is 4.69. The number of methoxy groups -OCH3 is 1. The van der Waals surface area contributed by atoms with E-state index in [0.717, 1.165) is 12.2 Å². The Balaban J connectivity index is 2.05. The van der Waals surface area contributed by atoms with Crippen LogP contribution in [-0.2, 0) is 6.42 Å². The first-order chi connectivity index (χ1) is 7.55. The smallest absolute Gasteiger partial charge is 0.119 e. The summed E-state index contributed by atoms with van der Waals surface area (Å²) in [5, 5.41) is 0. The van der Waals surface area contributed by atoms with Gasteiger partial charge in [-0.15, -0.1) is 0 Å². The van der Waals surface area contributed by atoms with E-state index >= 15 is 0 Å². The highest BCUT2D eigenvalue weighted by Gasteiger charge is 2.58. The van der Waals surface area contributed by atoms with Crippen LogP contribution in [0, 0.1) is 11.3 Å². The van der Waals surface area contributed by atoms with Gasteiger partial charge in [-0.25, -0.2) is 0 Å². The van der Waals surface area contributed by atoms with Gasteiger partial charge in [0.1, 0.15) is 5.75 Å². The minimum Gasteiger partial charge on any atom is -0.497 e. The van der Waals surface area contributed by atoms with Crippen molar-refractivity contribution in [3.05, 3.63) is 29.3 Å². The molecule has 0 saturated heterocycles. The molecule has 16 heavy (non-hydrogen) atoms. The van der Waals surface area contributed by atoms with E-state index in [1.807, 2.05) is 0 Å². The molecule has 0 aliphatic heterocycles. The van der Waals surface area contributed by atoms with Crippen LogP contribution >= 0.6 is 0 Å². The molecule has 0 spiro atoms. The van der Waals surface area contributed by atoms with E-state index in [4.69, 9.17) is 10.5 Å². The summed E-state index contributed by atoms with van der Waals surface area (Å²) in [6, 6.07) is 6.81. The molecule has 2 heteroatoms. The molecule has 0 radical (unpaired) electrons. The lowest BCUT2D eigenvalue weighted by Gasteiger charge is -2.54. The molecule has 0 bridgehead atoms. The summed E-state index contributed by atoms with van der Waals surface area (Å²) in [6.07, 6.45) is 1.15. The van der Waals surface area contributed by atoms with Gasteiger partial charge in [-0.05, 0) is 46.9 Å². The van der Waals surface area contributed by atoms with Crippen LogP contribution < -0.4 is 10.5 Å². The van der Waals surface area contributed by atoms with Gasteiger partial charge in [0.25, 0.3) is 0 Å². The fourth-order valence-electron chi connectivity index (χ4n) is 3.71. The average Bonchev–Trinajstić information content (AvgIpc) is 2.64. The second kappa shape index (κ2) is 3.01. The first-order valence-electron chi connectivity index (χ1n) is 5.98. The van der Waals surface area contributed by atoms with E-state index < -0.39 is 0 Å². The zero-order chi connectivity index (χ0) is 11.5. The Labute approximate surface area is 96.8 Å². The Morgan fingerprint density at radius 3 is 2.81 bits per heavy atom.